The zero-order valence-corrected chi connectivity index (χ0v) is 13.7. The van der Waals surface area contributed by atoms with Crippen molar-refractivity contribution in [1.82, 2.24) is 9.97 Å². The van der Waals surface area contributed by atoms with Gasteiger partial charge in [-0.25, -0.2) is 4.98 Å². The maximum absolute atomic E-state index is 9.32. The molecular weight excluding hydrogens is 314 g/mol. The smallest absolute Gasteiger partial charge is 0.222 e. The first-order valence-corrected chi connectivity index (χ1v) is 7.68. The molecule has 4 N–H and O–H groups in total. The van der Waals surface area contributed by atoms with E-state index in [1.165, 1.54) is 5.56 Å². The highest BCUT2D eigenvalue weighted by molar-refractivity contribution is 5.73. The Bertz CT molecular complexity index is 962. The van der Waals surface area contributed by atoms with Crippen LogP contribution in [0.3, 0.4) is 0 Å². The van der Waals surface area contributed by atoms with Crippen LogP contribution in [0.4, 0.5) is 11.8 Å². The number of hydrogen-bond acceptors (Lipinski definition) is 6. The lowest BCUT2D eigenvalue weighted by Crippen LogP contribution is -2.05. The molecule has 0 fully saturated rings. The molecular formula is C19H17N5O. The molecule has 124 valence electrons. The van der Waals surface area contributed by atoms with Crippen molar-refractivity contribution in [2.75, 3.05) is 11.5 Å². The summed E-state index contributed by atoms with van der Waals surface area (Å²) in [4.78, 5) is 7.98. The van der Waals surface area contributed by atoms with Crippen molar-refractivity contribution < 1.29 is 4.74 Å². The van der Waals surface area contributed by atoms with E-state index in [1.54, 1.807) is 6.07 Å². The summed E-state index contributed by atoms with van der Waals surface area (Å²) < 4.78 is 5.85. The molecule has 0 spiro atoms. The van der Waals surface area contributed by atoms with Crippen LogP contribution >= 0.6 is 0 Å². The average molecular weight is 331 g/mol. The molecule has 25 heavy (non-hydrogen) atoms. The zero-order chi connectivity index (χ0) is 17.8. The fourth-order valence-electron chi connectivity index (χ4n) is 2.52. The first kappa shape index (κ1) is 16.3. The molecule has 0 amide bonds. The molecule has 1 aromatic heterocycles. The Labute approximate surface area is 145 Å². The zero-order valence-electron chi connectivity index (χ0n) is 13.7. The molecule has 3 rings (SSSR count). The number of nitrogens with two attached hydrogens (primary N) is 2. The largest absolute Gasteiger partial charge is 0.489 e. The fourth-order valence-corrected chi connectivity index (χ4v) is 2.52. The number of anilines is 2. The highest BCUT2D eigenvalue weighted by atomic mass is 16.5. The maximum atomic E-state index is 9.32. The Balaban J connectivity index is 1.89. The highest BCUT2D eigenvalue weighted by Crippen LogP contribution is 2.28. The normalized spacial score (nSPS) is 10.2. The van der Waals surface area contributed by atoms with Gasteiger partial charge >= 0.3 is 0 Å². The summed E-state index contributed by atoms with van der Waals surface area (Å²) in [5.41, 5.74) is 15.0. The van der Waals surface area contributed by atoms with Gasteiger partial charge in [-0.05, 0) is 24.6 Å². The molecule has 3 aromatic rings. The Morgan fingerprint density at radius 2 is 1.88 bits per heavy atom. The summed E-state index contributed by atoms with van der Waals surface area (Å²) >= 11 is 0. The molecule has 0 bridgehead atoms. The molecule has 0 unspecified atom stereocenters. The van der Waals surface area contributed by atoms with E-state index in [2.05, 4.69) is 16.0 Å². The molecule has 0 saturated carbocycles. The lowest BCUT2D eigenvalue weighted by molar-refractivity contribution is 0.306. The van der Waals surface area contributed by atoms with Crippen molar-refractivity contribution in [1.29, 1.82) is 5.26 Å². The summed E-state index contributed by atoms with van der Waals surface area (Å²) in [5, 5.41) is 9.32. The van der Waals surface area contributed by atoms with E-state index in [0.29, 0.717) is 23.6 Å². The van der Waals surface area contributed by atoms with Crippen LogP contribution in [-0.2, 0) is 6.61 Å². The van der Waals surface area contributed by atoms with Crippen LogP contribution in [0.15, 0.2) is 48.5 Å². The van der Waals surface area contributed by atoms with Crippen LogP contribution in [0.2, 0.25) is 0 Å². The Morgan fingerprint density at radius 1 is 1.08 bits per heavy atom. The number of rotatable bonds is 4. The van der Waals surface area contributed by atoms with Gasteiger partial charge in [-0.2, -0.15) is 10.2 Å². The van der Waals surface area contributed by atoms with E-state index in [1.807, 2.05) is 49.4 Å². The predicted octanol–water partition coefficient (Wildman–Crippen LogP) is 3.07. The van der Waals surface area contributed by atoms with E-state index >= 15 is 0 Å². The molecule has 1 heterocycles. The van der Waals surface area contributed by atoms with Gasteiger partial charge in [-0.15, -0.1) is 0 Å². The number of aromatic nitrogens is 2. The van der Waals surface area contributed by atoms with Crippen molar-refractivity contribution in [2.45, 2.75) is 13.5 Å². The van der Waals surface area contributed by atoms with Gasteiger partial charge in [0.05, 0.1) is 5.69 Å². The van der Waals surface area contributed by atoms with Gasteiger partial charge in [0.2, 0.25) is 5.95 Å². The van der Waals surface area contributed by atoms with Crippen molar-refractivity contribution >= 4 is 11.8 Å². The molecule has 6 heteroatoms. The lowest BCUT2D eigenvalue weighted by Gasteiger charge is -2.10. The predicted molar refractivity (Wildman–Crippen MR) is 96.5 cm³/mol. The number of benzene rings is 2. The highest BCUT2D eigenvalue weighted by Gasteiger charge is 2.13. The van der Waals surface area contributed by atoms with E-state index in [9.17, 15) is 5.26 Å². The second-order valence-corrected chi connectivity index (χ2v) is 5.61. The van der Waals surface area contributed by atoms with Gasteiger partial charge in [0.25, 0.3) is 0 Å². The minimum absolute atomic E-state index is 0.0255. The summed E-state index contributed by atoms with van der Waals surface area (Å²) in [6.07, 6.45) is 0. The molecule has 0 aliphatic carbocycles. The van der Waals surface area contributed by atoms with Crippen LogP contribution in [-0.4, -0.2) is 9.97 Å². The summed E-state index contributed by atoms with van der Waals surface area (Å²) in [6, 6.07) is 17.4. The van der Waals surface area contributed by atoms with E-state index in [0.717, 1.165) is 5.56 Å². The standard InChI is InChI=1S/C19H17N5O/c1-12-4-2-5-13(8-12)11-25-15-7-3-6-14(9-15)17-16(10-20)18(21)24-19(22)23-17/h2-9H,11H2,1H3,(H4,21,22,23,24). The number of nitrogens with zero attached hydrogens (tertiary/aromatic N) is 3. The first-order valence-electron chi connectivity index (χ1n) is 7.68. The van der Waals surface area contributed by atoms with E-state index in [4.69, 9.17) is 16.2 Å². The van der Waals surface area contributed by atoms with Gasteiger partial charge in [0.15, 0.2) is 0 Å². The summed E-state index contributed by atoms with van der Waals surface area (Å²) in [5.74, 6) is 0.757. The SMILES string of the molecule is Cc1cccc(COc2cccc(-c3nc(N)nc(N)c3C#N)c2)c1. The van der Waals surface area contributed by atoms with Crippen LogP contribution in [0.5, 0.6) is 5.75 Å². The number of hydrogen-bond donors (Lipinski definition) is 2. The van der Waals surface area contributed by atoms with Crippen LogP contribution in [0.25, 0.3) is 11.3 Å². The van der Waals surface area contributed by atoms with Crippen molar-refractivity contribution in [3.8, 4) is 23.1 Å². The molecule has 0 radical (unpaired) electrons. The van der Waals surface area contributed by atoms with Gasteiger partial charge in [0.1, 0.15) is 29.8 Å². The van der Waals surface area contributed by atoms with Gasteiger partial charge in [-0.3, -0.25) is 0 Å². The van der Waals surface area contributed by atoms with Crippen LogP contribution < -0.4 is 16.2 Å². The van der Waals surface area contributed by atoms with Crippen LogP contribution in [0, 0.1) is 18.3 Å². The maximum Gasteiger partial charge on any atom is 0.222 e. The van der Waals surface area contributed by atoms with Gasteiger partial charge < -0.3 is 16.2 Å². The minimum Gasteiger partial charge on any atom is -0.489 e. The quantitative estimate of drug-likeness (QED) is 0.760. The average Bonchev–Trinajstić information content (AvgIpc) is 2.60. The van der Waals surface area contributed by atoms with Crippen molar-refractivity contribution in [3.05, 3.63) is 65.2 Å². The topological polar surface area (TPSA) is 111 Å². The third kappa shape index (κ3) is 3.67. The summed E-state index contributed by atoms with van der Waals surface area (Å²) in [6.45, 7) is 2.49. The number of nitrogen functional groups attached to an aromatic ring is 2. The fraction of sp³-hybridized carbons (Fsp3) is 0.105. The third-order valence-electron chi connectivity index (χ3n) is 3.66. The molecule has 2 aromatic carbocycles. The minimum atomic E-state index is 0.0255. The van der Waals surface area contributed by atoms with Gasteiger partial charge in [-0.1, -0.05) is 42.0 Å². The van der Waals surface area contributed by atoms with E-state index in [-0.39, 0.29) is 17.3 Å². The third-order valence-corrected chi connectivity index (χ3v) is 3.66. The molecule has 0 atom stereocenters. The lowest BCUT2D eigenvalue weighted by atomic mass is 10.1. The second-order valence-electron chi connectivity index (χ2n) is 5.61. The number of nitriles is 1. The van der Waals surface area contributed by atoms with Crippen molar-refractivity contribution in [2.24, 2.45) is 0 Å². The molecule has 0 aliphatic rings. The monoisotopic (exact) mass is 331 g/mol. The molecule has 6 nitrogen and oxygen atoms in total. The summed E-state index contributed by atoms with van der Waals surface area (Å²) in [7, 11) is 0. The Kier molecular flexibility index (Phi) is 4.48. The number of aryl methyl sites for hydroxylation is 1. The molecule has 0 saturated heterocycles. The number of ether oxygens (including phenoxy) is 1. The van der Waals surface area contributed by atoms with Crippen LogP contribution in [0.1, 0.15) is 16.7 Å². The first-order chi connectivity index (χ1) is 12.1. The van der Waals surface area contributed by atoms with Gasteiger partial charge in [0, 0.05) is 5.56 Å². The second kappa shape index (κ2) is 6.89. The Morgan fingerprint density at radius 3 is 2.64 bits per heavy atom. The van der Waals surface area contributed by atoms with Crippen molar-refractivity contribution in [3.63, 3.8) is 0 Å². The Hall–Kier alpha value is -3.59. The molecule has 0 aliphatic heterocycles. The van der Waals surface area contributed by atoms with E-state index < -0.39 is 0 Å².